The van der Waals surface area contributed by atoms with Crippen molar-refractivity contribution >= 4 is 34.7 Å². The van der Waals surface area contributed by atoms with Crippen LogP contribution in [0, 0.1) is 5.92 Å². The van der Waals surface area contributed by atoms with Gasteiger partial charge in [-0.25, -0.2) is 0 Å². The molecule has 1 aliphatic rings. The zero-order valence-corrected chi connectivity index (χ0v) is 18.8. The maximum absolute atomic E-state index is 13.8. The first-order valence-electron chi connectivity index (χ1n) is 10.5. The lowest BCUT2D eigenvalue weighted by Crippen LogP contribution is -2.47. The van der Waals surface area contributed by atoms with Gasteiger partial charge in [-0.2, -0.15) is 0 Å². The van der Waals surface area contributed by atoms with Crippen molar-refractivity contribution in [1.29, 1.82) is 0 Å². The van der Waals surface area contributed by atoms with Crippen molar-refractivity contribution in [2.24, 2.45) is 11.7 Å². The van der Waals surface area contributed by atoms with Gasteiger partial charge in [0.1, 0.15) is 0 Å². The SMILES string of the molecule is CC(C)CN1C(=O)c2ccccc2[C@@H](C(=O)Nc2ccccc2C(N)=O)[C@H]1c1cccs1. The van der Waals surface area contributed by atoms with Gasteiger partial charge in [0.2, 0.25) is 5.91 Å². The highest BCUT2D eigenvalue weighted by atomic mass is 32.1. The molecule has 0 unspecified atom stereocenters. The number of amides is 3. The van der Waals surface area contributed by atoms with Crippen LogP contribution in [0.25, 0.3) is 0 Å². The molecule has 0 bridgehead atoms. The van der Waals surface area contributed by atoms with Crippen molar-refractivity contribution in [3.05, 3.63) is 87.6 Å². The molecule has 0 saturated carbocycles. The van der Waals surface area contributed by atoms with E-state index in [9.17, 15) is 14.4 Å². The van der Waals surface area contributed by atoms with E-state index < -0.39 is 17.9 Å². The highest BCUT2D eigenvalue weighted by Gasteiger charge is 2.44. The Labute approximate surface area is 191 Å². The van der Waals surface area contributed by atoms with Crippen LogP contribution in [0.4, 0.5) is 5.69 Å². The molecule has 2 aromatic carbocycles. The second-order valence-corrected chi connectivity index (χ2v) is 9.25. The van der Waals surface area contributed by atoms with Crippen molar-refractivity contribution in [2.75, 3.05) is 11.9 Å². The van der Waals surface area contributed by atoms with E-state index in [0.717, 1.165) is 4.88 Å². The van der Waals surface area contributed by atoms with Gasteiger partial charge >= 0.3 is 0 Å². The summed E-state index contributed by atoms with van der Waals surface area (Å²) in [7, 11) is 0. The van der Waals surface area contributed by atoms with E-state index in [4.69, 9.17) is 5.73 Å². The minimum atomic E-state index is -0.637. The summed E-state index contributed by atoms with van der Waals surface area (Å²) in [5.41, 5.74) is 7.32. The minimum Gasteiger partial charge on any atom is -0.366 e. The van der Waals surface area contributed by atoms with E-state index in [1.807, 2.05) is 40.6 Å². The molecule has 2 heterocycles. The number of rotatable bonds is 6. The molecule has 0 aliphatic carbocycles. The molecule has 2 atom stereocenters. The van der Waals surface area contributed by atoms with Crippen molar-refractivity contribution in [3.8, 4) is 0 Å². The monoisotopic (exact) mass is 447 g/mol. The van der Waals surface area contributed by atoms with E-state index in [2.05, 4.69) is 19.2 Å². The number of primary amides is 1. The Hall–Kier alpha value is -3.45. The minimum absolute atomic E-state index is 0.0747. The van der Waals surface area contributed by atoms with Crippen LogP contribution in [0.3, 0.4) is 0 Å². The fourth-order valence-corrected chi connectivity index (χ4v) is 5.14. The third-order valence-corrected chi connectivity index (χ3v) is 6.51. The van der Waals surface area contributed by atoms with Gasteiger partial charge in [-0.15, -0.1) is 11.3 Å². The lowest BCUT2D eigenvalue weighted by atomic mass is 9.81. The number of anilines is 1. The number of nitrogens with two attached hydrogens (primary N) is 1. The van der Waals surface area contributed by atoms with Gasteiger partial charge < -0.3 is 16.0 Å². The molecule has 3 N–H and O–H groups in total. The van der Waals surface area contributed by atoms with Crippen LogP contribution in [0.5, 0.6) is 0 Å². The average molecular weight is 448 g/mol. The standard InChI is InChI=1S/C25H25N3O3S/c1-15(2)14-28-22(20-12-7-13-32-20)21(16-8-3-4-9-17(16)25(28)31)24(30)27-19-11-6-5-10-18(19)23(26)29/h3-13,15,21-22H,14H2,1-2H3,(H2,26,29)(H,27,30)/t21-,22-/m1/s1. The van der Waals surface area contributed by atoms with Gasteiger partial charge in [0.05, 0.1) is 23.2 Å². The van der Waals surface area contributed by atoms with E-state index in [0.29, 0.717) is 23.4 Å². The normalized spacial score (nSPS) is 17.8. The van der Waals surface area contributed by atoms with Crippen LogP contribution in [-0.2, 0) is 4.79 Å². The average Bonchev–Trinajstić information content (AvgIpc) is 3.30. The Kier molecular flexibility index (Phi) is 6.10. The summed E-state index contributed by atoms with van der Waals surface area (Å²) in [5.74, 6) is -1.38. The molecule has 0 saturated heterocycles. The summed E-state index contributed by atoms with van der Waals surface area (Å²) < 4.78 is 0. The molecule has 0 radical (unpaired) electrons. The predicted octanol–water partition coefficient (Wildman–Crippen LogP) is 4.42. The van der Waals surface area contributed by atoms with Gasteiger partial charge in [-0.05, 0) is 41.1 Å². The van der Waals surface area contributed by atoms with E-state index in [-0.39, 0.29) is 23.3 Å². The predicted molar refractivity (Wildman–Crippen MR) is 126 cm³/mol. The van der Waals surface area contributed by atoms with Crippen LogP contribution in [0.15, 0.2) is 66.0 Å². The van der Waals surface area contributed by atoms with Crippen LogP contribution in [-0.4, -0.2) is 29.2 Å². The van der Waals surface area contributed by atoms with Gasteiger partial charge in [0, 0.05) is 17.0 Å². The van der Waals surface area contributed by atoms with E-state index in [1.54, 1.807) is 30.3 Å². The number of para-hydroxylation sites is 1. The van der Waals surface area contributed by atoms with Crippen LogP contribution < -0.4 is 11.1 Å². The molecule has 7 heteroatoms. The number of benzene rings is 2. The fourth-order valence-electron chi connectivity index (χ4n) is 4.26. The van der Waals surface area contributed by atoms with Crippen molar-refractivity contribution < 1.29 is 14.4 Å². The number of thiophene rings is 1. The quantitative estimate of drug-likeness (QED) is 0.586. The zero-order chi connectivity index (χ0) is 22.8. The molecule has 0 fully saturated rings. The Morgan fingerprint density at radius 2 is 1.78 bits per heavy atom. The molecule has 3 amide bonds. The molecule has 0 spiro atoms. The summed E-state index contributed by atoms with van der Waals surface area (Å²) in [4.78, 5) is 41.8. The Balaban J connectivity index is 1.83. The van der Waals surface area contributed by atoms with Crippen molar-refractivity contribution in [1.82, 2.24) is 4.90 Å². The smallest absolute Gasteiger partial charge is 0.254 e. The fraction of sp³-hybridized carbons (Fsp3) is 0.240. The zero-order valence-electron chi connectivity index (χ0n) is 17.9. The number of carbonyl (C=O) groups is 3. The number of fused-ring (bicyclic) bond motifs is 1. The number of hydrogen-bond acceptors (Lipinski definition) is 4. The lowest BCUT2D eigenvalue weighted by Gasteiger charge is -2.42. The summed E-state index contributed by atoms with van der Waals surface area (Å²) in [6, 6.07) is 17.4. The Bertz CT molecular complexity index is 1160. The number of nitrogens with zero attached hydrogens (tertiary/aromatic N) is 1. The van der Waals surface area contributed by atoms with E-state index in [1.165, 1.54) is 11.3 Å². The Morgan fingerprint density at radius 1 is 1.06 bits per heavy atom. The summed E-state index contributed by atoms with van der Waals surface area (Å²) in [6.07, 6.45) is 0. The van der Waals surface area contributed by atoms with Crippen LogP contribution in [0.1, 0.15) is 57.0 Å². The molecular formula is C25H25N3O3S. The topological polar surface area (TPSA) is 92.5 Å². The number of nitrogens with one attached hydrogen (secondary N) is 1. The first kappa shape index (κ1) is 21.8. The molecular weight excluding hydrogens is 422 g/mol. The van der Waals surface area contributed by atoms with Gasteiger partial charge in [-0.3, -0.25) is 14.4 Å². The molecule has 4 rings (SSSR count). The maximum atomic E-state index is 13.8. The second kappa shape index (κ2) is 8.96. The van der Waals surface area contributed by atoms with Crippen molar-refractivity contribution in [2.45, 2.75) is 25.8 Å². The first-order chi connectivity index (χ1) is 15.4. The second-order valence-electron chi connectivity index (χ2n) is 8.28. The summed E-state index contributed by atoms with van der Waals surface area (Å²) in [5, 5.41) is 4.86. The summed E-state index contributed by atoms with van der Waals surface area (Å²) >= 11 is 1.52. The first-order valence-corrected chi connectivity index (χ1v) is 11.4. The third-order valence-electron chi connectivity index (χ3n) is 5.57. The molecule has 164 valence electrons. The molecule has 3 aromatic rings. The number of hydrogen-bond donors (Lipinski definition) is 2. The molecule has 1 aliphatic heterocycles. The molecule has 6 nitrogen and oxygen atoms in total. The van der Waals surface area contributed by atoms with E-state index >= 15 is 0 Å². The largest absolute Gasteiger partial charge is 0.366 e. The Morgan fingerprint density at radius 3 is 2.47 bits per heavy atom. The highest BCUT2D eigenvalue weighted by molar-refractivity contribution is 7.10. The van der Waals surface area contributed by atoms with Gasteiger partial charge in [0.25, 0.3) is 11.8 Å². The van der Waals surface area contributed by atoms with Crippen LogP contribution in [0.2, 0.25) is 0 Å². The number of carbonyl (C=O) groups excluding carboxylic acids is 3. The summed E-state index contributed by atoms with van der Waals surface area (Å²) in [6.45, 7) is 4.63. The third kappa shape index (κ3) is 4.03. The van der Waals surface area contributed by atoms with Crippen molar-refractivity contribution in [3.63, 3.8) is 0 Å². The van der Waals surface area contributed by atoms with Gasteiger partial charge in [0.15, 0.2) is 0 Å². The molecule has 32 heavy (non-hydrogen) atoms. The molecule has 1 aromatic heterocycles. The van der Waals surface area contributed by atoms with Crippen LogP contribution >= 0.6 is 11.3 Å². The van der Waals surface area contributed by atoms with Gasteiger partial charge in [-0.1, -0.05) is 50.2 Å². The lowest BCUT2D eigenvalue weighted by molar-refractivity contribution is -0.119. The highest BCUT2D eigenvalue weighted by Crippen LogP contribution is 2.45. The maximum Gasteiger partial charge on any atom is 0.254 e.